The molecule has 2 aliphatic rings. The van der Waals surface area contributed by atoms with E-state index in [0.29, 0.717) is 12.0 Å². The number of halogens is 1. The van der Waals surface area contributed by atoms with E-state index in [1.54, 1.807) is 0 Å². The minimum Gasteiger partial charge on any atom is -0.378 e. The second-order valence-electron chi connectivity index (χ2n) is 7.45. The van der Waals surface area contributed by atoms with Gasteiger partial charge in [-0.05, 0) is 73.0 Å². The Morgan fingerprint density at radius 1 is 1.07 bits per heavy atom. The highest BCUT2D eigenvalue weighted by Gasteiger charge is 2.23. The van der Waals surface area contributed by atoms with E-state index in [-0.39, 0.29) is 6.10 Å². The van der Waals surface area contributed by atoms with Gasteiger partial charge >= 0.3 is 0 Å². The maximum atomic E-state index is 6.01. The molecule has 144 valence electrons. The monoisotopic (exact) mass is 476 g/mol. The summed E-state index contributed by atoms with van der Waals surface area (Å²) in [7, 11) is 0. The van der Waals surface area contributed by atoms with Gasteiger partial charge in [-0.2, -0.15) is 0 Å². The van der Waals surface area contributed by atoms with Crippen LogP contribution in [0.15, 0.2) is 18.2 Å². The maximum absolute atomic E-state index is 6.01. The second-order valence-corrected chi connectivity index (χ2v) is 8.53. The average molecular weight is 476 g/mol. The number of benzene rings is 1. The Morgan fingerprint density at radius 3 is 2.56 bits per heavy atom. The minimum atomic E-state index is 0.185. The first kappa shape index (κ1) is 20.7. The largest absolute Gasteiger partial charge is 0.378 e. The summed E-state index contributed by atoms with van der Waals surface area (Å²) in [5.74, 6) is 10.1. The molecule has 1 aromatic rings. The van der Waals surface area contributed by atoms with E-state index in [9.17, 15) is 0 Å². The quantitative estimate of drug-likeness (QED) is 0.310. The summed E-state index contributed by atoms with van der Waals surface area (Å²) in [4.78, 5) is 0. The zero-order valence-corrected chi connectivity index (χ0v) is 18.2. The van der Waals surface area contributed by atoms with E-state index in [1.807, 2.05) is 0 Å². The van der Waals surface area contributed by atoms with E-state index in [2.05, 4.69) is 58.6 Å². The Kier molecular flexibility index (Phi) is 8.52. The van der Waals surface area contributed by atoms with Gasteiger partial charge in [0.1, 0.15) is 0 Å². The summed E-state index contributed by atoms with van der Waals surface area (Å²) in [5.41, 5.74) is 3.02. The van der Waals surface area contributed by atoms with Crippen LogP contribution < -0.4 is 0 Å². The Morgan fingerprint density at radius 2 is 1.89 bits per heavy atom. The Labute approximate surface area is 177 Å². The fraction of sp³-hybridized carbons (Fsp3) is 0.583. The summed E-state index contributed by atoms with van der Waals surface area (Å²) in [6, 6.07) is 6.29. The fourth-order valence-corrected chi connectivity index (χ4v) is 4.77. The van der Waals surface area contributed by atoms with E-state index in [0.717, 1.165) is 48.0 Å². The topological polar surface area (TPSA) is 18.5 Å². The summed E-state index contributed by atoms with van der Waals surface area (Å²) >= 11 is 2.46. The van der Waals surface area contributed by atoms with E-state index < -0.39 is 0 Å². The molecule has 2 heterocycles. The molecule has 2 nitrogen and oxygen atoms in total. The molecule has 27 heavy (non-hydrogen) atoms. The third kappa shape index (κ3) is 5.98. The van der Waals surface area contributed by atoms with Crippen molar-refractivity contribution in [1.82, 2.24) is 0 Å². The molecule has 2 aliphatic heterocycles. The van der Waals surface area contributed by atoms with Crippen molar-refractivity contribution in [2.45, 2.75) is 63.6 Å². The first-order valence-electron chi connectivity index (χ1n) is 10.2. The lowest BCUT2D eigenvalue weighted by atomic mass is 9.90. The Bertz CT molecular complexity index is 697. The molecule has 0 aromatic heterocycles. The van der Waals surface area contributed by atoms with Crippen LogP contribution in [-0.4, -0.2) is 23.7 Å². The first-order chi connectivity index (χ1) is 13.3. The molecule has 3 heteroatoms. The molecule has 3 atom stereocenters. The minimum absolute atomic E-state index is 0.185. The predicted octanol–water partition coefficient (Wildman–Crippen LogP) is 5.66. The van der Waals surface area contributed by atoms with Crippen LogP contribution >= 0.6 is 22.6 Å². The number of alkyl halides is 1. The van der Waals surface area contributed by atoms with Crippen LogP contribution in [0.4, 0.5) is 0 Å². The van der Waals surface area contributed by atoms with Gasteiger partial charge < -0.3 is 9.47 Å². The highest BCUT2D eigenvalue weighted by Crippen LogP contribution is 2.29. The molecular weight excluding hydrogens is 447 g/mol. The average Bonchev–Trinajstić information content (AvgIpc) is 2.74. The summed E-state index contributed by atoms with van der Waals surface area (Å²) in [6.07, 6.45) is 15.5. The van der Waals surface area contributed by atoms with Crippen molar-refractivity contribution < 1.29 is 9.47 Å². The van der Waals surface area contributed by atoms with Crippen LogP contribution in [0.5, 0.6) is 0 Å². The number of hydrogen-bond acceptors (Lipinski definition) is 2. The SMILES string of the molecule is C#Cc1cc(C2CCCCO2)ccc1C#CCC(CCI)C1CCCCO1. The normalized spacial score (nSPS) is 23.7. The third-order valence-electron chi connectivity index (χ3n) is 5.56. The van der Waals surface area contributed by atoms with Crippen molar-refractivity contribution in [1.29, 1.82) is 0 Å². The highest BCUT2D eigenvalue weighted by atomic mass is 127. The molecule has 0 spiro atoms. The molecule has 0 bridgehead atoms. The van der Waals surface area contributed by atoms with Crippen LogP contribution in [0.3, 0.4) is 0 Å². The van der Waals surface area contributed by atoms with Crippen molar-refractivity contribution in [2.24, 2.45) is 5.92 Å². The number of rotatable bonds is 5. The van der Waals surface area contributed by atoms with Gasteiger partial charge in [-0.3, -0.25) is 0 Å². The van der Waals surface area contributed by atoms with Crippen molar-refractivity contribution in [3.63, 3.8) is 0 Å². The van der Waals surface area contributed by atoms with E-state index in [1.165, 1.54) is 37.7 Å². The zero-order valence-electron chi connectivity index (χ0n) is 16.0. The zero-order chi connectivity index (χ0) is 18.9. The van der Waals surface area contributed by atoms with Gasteiger partial charge in [0.05, 0.1) is 12.2 Å². The summed E-state index contributed by atoms with van der Waals surface area (Å²) < 4.78 is 13.0. The van der Waals surface area contributed by atoms with Crippen molar-refractivity contribution >= 4 is 22.6 Å². The predicted molar refractivity (Wildman–Crippen MR) is 119 cm³/mol. The highest BCUT2D eigenvalue weighted by molar-refractivity contribution is 14.1. The van der Waals surface area contributed by atoms with Crippen LogP contribution in [0, 0.1) is 30.1 Å². The van der Waals surface area contributed by atoms with Crippen LogP contribution in [0.2, 0.25) is 0 Å². The lowest BCUT2D eigenvalue weighted by molar-refractivity contribution is -0.0201. The van der Waals surface area contributed by atoms with Crippen LogP contribution in [0.1, 0.15) is 74.2 Å². The molecule has 3 unspecified atom stereocenters. The number of terminal acetylenes is 1. The van der Waals surface area contributed by atoms with Gasteiger partial charge in [0.15, 0.2) is 0 Å². The molecule has 0 saturated carbocycles. The van der Waals surface area contributed by atoms with Crippen LogP contribution in [-0.2, 0) is 9.47 Å². The Balaban J connectivity index is 1.68. The molecule has 0 N–H and O–H groups in total. The molecule has 2 saturated heterocycles. The molecule has 0 aliphatic carbocycles. The van der Waals surface area contributed by atoms with Gasteiger partial charge in [0, 0.05) is 30.8 Å². The van der Waals surface area contributed by atoms with E-state index in [4.69, 9.17) is 15.9 Å². The Hall–Kier alpha value is -1.01. The third-order valence-corrected chi connectivity index (χ3v) is 6.18. The van der Waals surface area contributed by atoms with Crippen molar-refractivity contribution in [3.8, 4) is 24.2 Å². The fourth-order valence-electron chi connectivity index (χ4n) is 3.97. The van der Waals surface area contributed by atoms with Crippen molar-refractivity contribution in [2.75, 3.05) is 17.6 Å². The molecular formula is C24H29IO2. The van der Waals surface area contributed by atoms with Crippen LogP contribution in [0.25, 0.3) is 0 Å². The first-order valence-corrected chi connectivity index (χ1v) is 11.7. The lowest BCUT2D eigenvalue weighted by Gasteiger charge is -2.29. The number of hydrogen-bond donors (Lipinski definition) is 0. The standard InChI is InChI=1S/C24H29IO2/c1-2-19-18-22(24-11-4-6-17-27-24)13-12-20(19)8-7-9-21(14-15-25)23-10-3-5-16-26-23/h1,12-13,18,21,23-24H,3-6,9-11,14-17H2. The van der Waals surface area contributed by atoms with Crippen molar-refractivity contribution in [3.05, 3.63) is 34.9 Å². The van der Waals surface area contributed by atoms with Gasteiger partial charge in [-0.25, -0.2) is 0 Å². The summed E-state index contributed by atoms with van der Waals surface area (Å²) in [6.45, 7) is 1.75. The maximum Gasteiger partial charge on any atom is 0.0825 e. The van der Waals surface area contributed by atoms with E-state index >= 15 is 0 Å². The molecule has 2 fully saturated rings. The lowest BCUT2D eigenvalue weighted by Crippen LogP contribution is -2.28. The molecule has 3 rings (SSSR count). The summed E-state index contributed by atoms with van der Waals surface area (Å²) in [5, 5.41) is 0. The second kappa shape index (κ2) is 11.1. The molecule has 0 amide bonds. The van der Waals surface area contributed by atoms with Gasteiger partial charge in [0.25, 0.3) is 0 Å². The number of ether oxygens (including phenoxy) is 2. The molecule has 0 radical (unpaired) electrons. The van der Waals surface area contributed by atoms with Gasteiger partial charge in [-0.15, -0.1) is 6.42 Å². The van der Waals surface area contributed by atoms with Gasteiger partial charge in [-0.1, -0.05) is 46.4 Å². The molecule has 1 aromatic carbocycles. The smallest absolute Gasteiger partial charge is 0.0825 e. The van der Waals surface area contributed by atoms with Gasteiger partial charge in [0.2, 0.25) is 0 Å².